The zero-order chi connectivity index (χ0) is 19.4. The number of nitrogens with zero attached hydrogens (tertiary/aromatic N) is 1. The number of aliphatic carboxylic acids is 1. The lowest BCUT2D eigenvalue weighted by Crippen LogP contribution is -2.40. The lowest BCUT2D eigenvalue weighted by atomic mass is 10.1. The van der Waals surface area contributed by atoms with E-state index < -0.39 is 17.9 Å². The summed E-state index contributed by atoms with van der Waals surface area (Å²) in [6, 6.07) is 12.7. The van der Waals surface area contributed by atoms with Crippen LogP contribution in [0.15, 0.2) is 48.5 Å². The molecule has 2 aromatic rings. The van der Waals surface area contributed by atoms with Gasteiger partial charge in [0.2, 0.25) is 0 Å². The number of para-hydroxylation sites is 1. The van der Waals surface area contributed by atoms with Crippen molar-refractivity contribution in [1.82, 2.24) is 4.90 Å². The van der Waals surface area contributed by atoms with Gasteiger partial charge in [0.25, 0.3) is 11.8 Å². The Bertz CT molecular complexity index is 880. The average molecular weight is 368 g/mol. The van der Waals surface area contributed by atoms with Crippen molar-refractivity contribution in [3.8, 4) is 5.75 Å². The summed E-state index contributed by atoms with van der Waals surface area (Å²) in [4.78, 5) is 36.8. The Morgan fingerprint density at radius 2 is 1.93 bits per heavy atom. The molecule has 0 bridgehead atoms. The van der Waals surface area contributed by atoms with E-state index in [0.29, 0.717) is 30.7 Å². The predicted octanol–water partition coefficient (Wildman–Crippen LogP) is 2.05. The highest BCUT2D eigenvalue weighted by Gasteiger charge is 2.34. The molecule has 2 aromatic carbocycles. The van der Waals surface area contributed by atoms with Crippen molar-refractivity contribution in [1.29, 1.82) is 0 Å². The van der Waals surface area contributed by atoms with Crippen LogP contribution in [-0.2, 0) is 11.4 Å². The van der Waals surface area contributed by atoms with Gasteiger partial charge in [-0.15, -0.1) is 0 Å². The second-order valence-corrected chi connectivity index (χ2v) is 6.34. The van der Waals surface area contributed by atoms with Crippen molar-refractivity contribution in [2.45, 2.75) is 25.5 Å². The van der Waals surface area contributed by atoms with Crippen molar-refractivity contribution in [2.75, 3.05) is 6.54 Å². The molecule has 0 unspecified atom stereocenters. The molecule has 1 saturated heterocycles. The minimum atomic E-state index is -0.983. The highest BCUT2D eigenvalue weighted by atomic mass is 16.5. The number of hydrogen-bond acceptors (Lipinski definition) is 4. The fraction of sp³-hybridized carbons (Fsp3) is 0.250. The third kappa shape index (κ3) is 4.08. The van der Waals surface area contributed by atoms with Crippen molar-refractivity contribution in [2.24, 2.45) is 5.73 Å². The van der Waals surface area contributed by atoms with Gasteiger partial charge in [-0.3, -0.25) is 9.59 Å². The molecule has 1 aliphatic heterocycles. The molecule has 27 heavy (non-hydrogen) atoms. The van der Waals surface area contributed by atoms with Crippen LogP contribution >= 0.6 is 0 Å². The van der Waals surface area contributed by atoms with Gasteiger partial charge >= 0.3 is 5.97 Å². The third-order valence-corrected chi connectivity index (χ3v) is 4.52. The van der Waals surface area contributed by atoms with E-state index in [4.69, 9.17) is 10.5 Å². The van der Waals surface area contributed by atoms with Crippen LogP contribution in [0.25, 0.3) is 0 Å². The van der Waals surface area contributed by atoms with Crippen LogP contribution in [0.5, 0.6) is 5.75 Å². The monoisotopic (exact) mass is 368 g/mol. The molecule has 140 valence electrons. The first-order chi connectivity index (χ1) is 13.0. The zero-order valence-corrected chi connectivity index (χ0v) is 14.6. The van der Waals surface area contributed by atoms with E-state index in [9.17, 15) is 19.5 Å². The van der Waals surface area contributed by atoms with Crippen LogP contribution < -0.4 is 10.5 Å². The van der Waals surface area contributed by atoms with Gasteiger partial charge in [0.1, 0.15) is 18.4 Å². The Morgan fingerprint density at radius 3 is 2.67 bits per heavy atom. The largest absolute Gasteiger partial charge is 0.488 e. The SMILES string of the molecule is NC(=O)c1ccccc1OCc1cccc(C(=O)N2CCC[C@@H]2C(=O)O)c1. The maximum atomic E-state index is 12.7. The molecule has 1 aliphatic rings. The number of rotatable bonds is 6. The molecule has 7 heteroatoms. The molecule has 0 aliphatic carbocycles. The van der Waals surface area contributed by atoms with Crippen LogP contribution in [0, 0.1) is 0 Å². The molecule has 3 N–H and O–H groups in total. The summed E-state index contributed by atoms with van der Waals surface area (Å²) >= 11 is 0. The molecular formula is C20H20N2O5. The second-order valence-electron chi connectivity index (χ2n) is 6.34. The first-order valence-electron chi connectivity index (χ1n) is 8.61. The number of carboxylic acids is 1. The summed E-state index contributed by atoms with van der Waals surface area (Å²) in [5.41, 5.74) is 6.76. The molecule has 0 radical (unpaired) electrons. The van der Waals surface area contributed by atoms with Crippen LogP contribution in [0.2, 0.25) is 0 Å². The van der Waals surface area contributed by atoms with Crippen molar-refractivity contribution < 1.29 is 24.2 Å². The lowest BCUT2D eigenvalue weighted by Gasteiger charge is -2.21. The Hall–Kier alpha value is -3.35. The summed E-state index contributed by atoms with van der Waals surface area (Å²) in [7, 11) is 0. The standard InChI is InChI=1S/C20H20N2O5/c21-18(23)15-7-1-2-9-17(15)27-12-13-5-3-6-14(11-13)19(24)22-10-4-8-16(22)20(25)26/h1-3,5-7,9,11,16H,4,8,10,12H2,(H2,21,23)(H,25,26)/t16-/m1/s1. The number of primary amides is 1. The average Bonchev–Trinajstić information content (AvgIpc) is 3.16. The topological polar surface area (TPSA) is 110 Å². The molecule has 2 amide bonds. The van der Waals surface area contributed by atoms with Crippen molar-refractivity contribution >= 4 is 17.8 Å². The van der Waals surface area contributed by atoms with E-state index >= 15 is 0 Å². The normalized spacial score (nSPS) is 16.1. The fourth-order valence-corrected chi connectivity index (χ4v) is 3.18. The smallest absolute Gasteiger partial charge is 0.326 e. The number of carbonyl (C=O) groups is 3. The Balaban J connectivity index is 1.74. The number of benzene rings is 2. The summed E-state index contributed by atoms with van der Waals surface area (Å²) in [5.74, 6) is -1.50. The first-order valence-corrected chi connectivity index (χ1v) is 8.61. The van der Waals surface area contributed by atoms with E-state index in [2.05, 4.69) is 0 Å². The minimum absolute atomic E-state index is 0.147. The number of carboxylic acid groups (broad SMARTS) is 1. The van der Waals surface area contributed by atoms with Gasteiger partial charge in [0.05, 0.1) is 5.56 Å². The molecule has 1 fully saturated rings. The van der Waals surface area contributed by atoms with Gasteiger partial charge in [-0.25, -0.2) is 4.79 Å². The number of nitrogens with two attached hydrogens (primary N) is 1. The molecular weight excluding hydrogens is 348 g/mol. The quantitative estimate of drug-likeness (QED) is 0.811. The van der Waals surface area contributed by atoms with E-state index in [0.717, 1.165) is 5.56 Å². The van der Waals surface area contributed by atoms with Crippen molar-refractivity contribution in [3.63, 3.8) is 0 Å². The summed E-state index contributed by atoms with van der Waals surface area (Å²) < 4.78 is 5.68. The van der Waals surface area contributed by atoms with Gasteiger partial charge in [0.15, 0.2) is 0 Å². The minimum Gasteiger partial charge on any atom is -0.488 e. The predicted molar refractivity (Wildman–Crippen MR) is 97.4 cm³/mol. The van der Waals surface area contributed by atoms with Crippen molar-refractivity contribution in [3.05, 3.63) is 65.2 Å². The molecule has 7 nitrogen and oxygen atoms in total. The summed E-state index contributed by atoms with van der Waals surface area (Å²) in [5, 5.41) is 9.26. The van der Waals surface area contributed by atoms with E-state index in [-0.39, 0.29) is 18.1 Å². The third-order valence-electron chi connectivity index (χ3n) is 4.52. The summed E-state index contributed by atoms with van der Waals surface area (Å²) in [6.07, 6.45) is 1.14. The molecule has 1 atom stereocenters. The highest BCUT2D eigenvalue weighted by Crippen LogP contribution is 2.22. The number of ether oxygens (including phenoxy) is 1. The number of likely N-dealkylation sites (tertiary alicyclic amines) is 1. The highest BCUT2D eigenvalue weighted by molar-refractivity contribution is 5.97. The first kappa shape index (κ1) is 18.4. The Morgan fingerprint density at radius 1 is 1.15 bits per heavy atom. The number of amides is 2. The maximum absolute atomic E-state index is 12.7. The van der Waals surface area contributed by atoms with Crippen LogP contribution in [0.1, 0.15) is 39.1 Å². The van der Waals surface area contributed by atoms with Gasteiger partial charge in [0, 0.05) is 12.1 Å². The number of carbonyl (C=O) groups excluding carboxylic acids is 2. The maximum Gasteiger partial charge on any atom is 0.326 e. The Kier molecular flexibility index (Phi) is 5.40. The van der Waals surface area contributed by atoms with E-state index in [1.165, 1.54) is 4.90 Å². The molecule has 0 saturated carbocycles. The van der Waals surface area contributed by atoms with Crippen LogP contribution in [0.3, 0.4) is 0 Å². The van der Waals surface area contributed by atoms with Crippen LogP contribution in [-0.4, -0.2) is 40.4 Å². The van der Waals surface area contributed by atoms with Gasteiger partial charge in [-0.1, -0.05) is 24.3 Å². The molecule has 1 heterocycles. The van der Waals surface area contributed by atoms with Gasteiger partial charge in [-0.05, 0) is 42.7 Å². The fourth-order valence-electron chi connectivity index (χ4n) is 3.18. The van der Waals surface area contributed by atoms with E-state index in [1.807, 2.05) is 0 Å². The molecule has 0 spiro atoms. The number of hydrogen-bond donors (Lipinski definition) is 2. The van der Waals surface area contributed by atoms with Crippen LogP contribution in [0.4, 0.5) is 0 Å². The van der Waals surface area contributed by atoms with E-state index in [1.54, 1.807) is 48.5 Å². The zero-order valence-electron chi connectivity index (χ0n) is 14.6. The van der Waals surface area contributed by atoms with Gasteiger partial charge < -0.3 is 20.5 Å². The molecule has 3 rings (SSSR count). The second kappa shape index (κ2) is 7.90. The molecule has 0 aromatic heterocycles. The lowest BCUT2D eigenvalue weighted by molar-refractivity contribution is -0.141. The Labute approximate surface area is 156 Å². The van der Waals surface area contributed by atoms with Gasteiger partial charge in [-0.2, -0.15) is 0 Å². The summed E-state index contributed by atoms with van der Waals surface area (Å²) in [6.45, 7) is 0.580.